The number of hydrogen-bond acceptors (Lipinski definition) is 12. The molecule has 10 rings (SSSR count). The Morgan fingerprint density at radius 2 is 1.53 bits per heavy atom. The highest BCUT2D eigenvalue weighted by Crippen LogP contribution is 2.37. The van der Waals surface area contributed by atoms with Gasteiger partial charge in [0, 0.05) is 69.0 Å². The first-order chi connectivity index (χ1) is 29.1. The van der Waals surface area contributed by atoms with E-state index in [-0.39, 0.29) is 48.1 Å². The largest absolute Gasteiger partial charge is 0.457 e. The first kappa shape index (κ1) is 35.9. The molecule has 5 aliphatic heterocycles. The van der Waals surface area contributed by atoms with Crippen molar-refractivity contribution in [3.8, 4) is 22.8 Å². The monoisotopic (exact) mass is 799 g/mol. The molecule has 3 N–H and O–H groups in total. The number of likely N-dealkylation sites (tertiary alicyclic amines) is 2. The van der Waals surface area contributed by atoms with E-state index in [4.69, 9.17) is 16.9 Å². The number of rotatable bonds is 8. The van der Waals surface area contributed by atoms with E-state index in [1.54, 1.807) is 6.07 Å². The van der Waals surface area contributed by atoms with E-state index in [0.29, 0.717) is 60.0 Å². The number of nitrogens with one attached hydrogen (secondary N) is 1. The Labute approximate surface area is 340 Å². The number of nitrogens with zero attached hydrogens (tertiary/aromatic N) is 8. The van der Waals surface area contributed by atoms with Gasteiger partial charge in [0.2, 0.25) is 11.8 Å². The summed E-state index contributed by atoms with van der Waals surface area (Å²) in [4.78, 5) is 67.0. The average Bonchev–Trinajstić information content (AvgIpc) is 3.74. The van der Waals surface area contributed by atoms with E-state index in [9.17, 15) is 19.2 Å². The fraction of sp³-hybridized carbons (Fsp3) is 0.372. The zero-order valence-corrected chi connectivity index (χ0v) is 32.2. The maximum absolute atomic E-state index is 16.1. The van der Waals surface area contributed by atoms with Crippen LogP contribution in [0.5, 0.6) is 11.5 Å². The van der Waals surface area contributed by atoms with Crippen molar-refractivity contribution in [3.63, 3.8) is 0 Å². The summed E-state index contributed by atoms with van der Waals surface area (Å²) in [5.74, 6) is -0.650. The van der Waals surface area contributed by atoms with E-state index >= 15 is 4.39 Å². The number of nitrogen functional groups attached to an aromatic ring is 1. The Morgan fingerprint density at radius 3 is 2.27 bits per heavy atom. The van der Waals surface area contributed by atoms with Crippen LogP contribution in [0.4, 0.5) is 15.9 Å². The molecule has 4 fully saturated rings. The van der Waals surface area contributed by atoms with E-state index in [2.05, 4.69) is 25.1 Å². The van der Waals surface area contributed by atoms with Gasteiger partial charge in [0.05, 0.1) is 23.9 Å². The smallest absolute Gasteiger partial charge is 0.262 e. The molecule has 4 amide bonds. The first-order valence-corrected chi connectivity index (χ1v) is 20.2. The SMILES string of the molecule is [2H]c1c(N2CC(N3CCC(N4CCC(n5nc(-c6ccc(Oc7ccccc7)cc6)c6c(N)ncnc65)CC4)C(F)C3)C2)ccc2c1C(=O)N(C1CCC(=O)NC1=O)C2=O. The van der Waals surface area contributed by atoms with Crippen molar-refractivity contribution in [2.75, 3.05) is 49.9 Å². The minimum atomic E-state index is -1.09. The number of anilines is 2. The summed E-state index contributed by atoms with van der Waals surface area (Å²) >= 11 is 0. The van der Waals surface area contributed by atoms with Crippen LogP contribution in [0.15, 0.2) is 79.1 Å². The molecule has 0 radical (unpaired) electrons. The number of fused-ring (bicyclic) bond motifs is 2. The van der Waals surface area contributed by atoms with Gasteiger partial charge in [-0.3, -0.25) is 39.2 Å². The van der Waals surface area contributed by atoms with Crippen molar-refractivity contribution in [3.05, 3.63) is 90.2 Å². The zero-order valence-electron chi connectivity index (χ0n) is 33.2. The summed E-state index contributed by atoms with van der Waals surface area (Å²) < 4.78 is 32.9. The van der Waals surface area contributed by atoms with Gasteiger partial charge >= 0.3 is 0 Å². The maximum Gasteiger partial charge on any atom is 0.262 e. The summed E-state index contributed by atoms with van der Waals surface area (Å²) in [6.45, 7) is 3.63. The molecular formula is C43H43FN10O5. The zero-order chi connectivity index (χ0) is 41.2. The highest BCUT2D eigenvalue weighted by atomic mass is 19.1. The molecule has 5 aromatic rings. The number of aromatic nitrogens is 4. The molecule has 59 heavy (non-hydrogen) atoms. The molecule has 0 aliphatic carbocycles. The van der Waals surface area contributed by atoms with Gasteiger partial charge in [-0.25, -0.2) is 19.0 Å². The number of nitrogens with two attached hydrogens (primary N) is 1. The number of imide groups is 2. The fourth-order valence-corrected chi connectivity index (χ4v) is 9.33. The highest BCUT2D eigenvalue weighted by molar-refractivity contribution is 6.23. The number of halogens is 1. The Bertz CT molecular complexity index is 2530. The van der Waals surface area contributed by atoms with Crippen molar-refractivity contribution in [2.24, 2.45) is 0 Å². The molecule has 0 bridgehead atoms. The van der Waals surface area contributed by atoms with Crippen LogP contribution in [0.3, 0.4) is 0 Å². The van der Waals surface area contributed by atoms with Crippen molar-refractivity contribution in [1.29, 1.82) is 0 Å². The molecule has 4 saturated heterocycles. The lowest BCUT2D eigenvalue weighted by Gasteiger charge is -2.51. The molecule has 0 spiro atoms. The van der Waals surface area contributed by atoms with Crippen LogP contribution in [0, 0.1) is 0 Å². The standard InChI is InChI=1S/C43H43FN10O5/c44-33-23-51(28-21-52(22-28)27-8-11-31-32(20-27)43(58)53(42(31)57)35-12-13-36(55)48-41(35)56)19-16-34(33)50-17-14-26(15-18-50)54-40-37(39(45)46-24-47-40)38(49-54)25-6-9-30(10-7-25)59-29-4-2-1-3-5-29/h1-11,20,24,26,28,33-35H,12-19,21-23H2,(H2,45,46,47)(H,48,55,56)/i20D. The molecule has 0 saturated carbocycles. The van der Waals surface area contributed by atoms with Crippen LogP contribution in [0.1, 0.15) is 60.2 Å². The van der Waals surface area contributed by atoms with Gasteiger partial charge in [-0.2, -0.15) is 5.10 Å². The van der Waals surface area contributed by atoms with Crippen molar-refractivity contribution in [2.45, 2.75) is 62.4 Å². The van der Waals surface area contributed by atoms with Crippen molar-refractivity contribution in [1.82, 2.24) is 39.8 Å². The lowest BCUT2D eigenvalue weighted by molar-refractivity contribution is -0.136. The third-order valence-electron chi connectivity index (χ3n) is 12.5. The molecule has 3 atom stereocenters. The van der Waals surface area contributed by atoms with Gasteiger partial charge in [0.1, 0.15) is 41.6 Å². The first-order valence-electron chi connectivity index (χ1n) is 20.7. The topological polar surface area (TPSA) is 172 Å². The lowest BCUT2D eigenvalue weighted by Crippen LogP contribution is -2.64. The number of amides is 4. The highest BCUT2D eigenvalue weighted by Gasteiger charge is 2.46. The summed E-state index contributed by atoms with van der Waals surface area (Å²) in [6.07, 6.45) is 2.76. The summed E-state index contributed by atoms with van der Waals surface area (Å²) in [7, 11) is 0. The minimum Gasteiger partial charge on any atom is -0.457 e. The molecule has 5 aliphatic rings. The molecule has 2 aromatic heterocycles. The number of benzene rings is 3. The third kappa shape index (κ3) is 6.65. The maximum atomic E-state index is 16.1. The molecule has 16 heteroatoms. The summed E-state index contributed by atoms with van der Waals surface area (Å²) in [5.41, 5.74) is 9.25. The van der Waals surface area contributed by atoms with Gasteiger partial charge in [-0.1, -0.05) is 18.2 Å². The number of alkyl halides is 1. The Hall–Kier alpha value is -6.26. The Balaban J connectivity index is 0.754. The number of carbonyl (C=O) groups is 4. The number of hydrogen-bond donors (Lipinski definition) is 2. The fourth-order valence-electron chi connectivity index (χ4n) is 9.33. The minimum absolute atomic E-state index is 0.0224. The van der Waals surface area contributed by atoms with Crippen LogP contribution >= 0.6 is 0 Å². The summed E-state index contributed by atoms with van der Waals surface area (Å²) in [5, 5.41) is 7.96. The molecule has 3 unspecified atom stereocenters. The number of ether oxygens (including phenoxy) is 1. The molecule has 3 aromatic carbocycles. The van der Waals surface area contributed by atoms with Crippen LogP contribution in [-0.2, 0) is 9.59 Å². The van der Waals surface area contributed by atoms with E-state index in [1.807, 2.05) is 64.2 Å². The predicted octanol–water partition coefficient (Wildman–Crippen LogP) is 4.21. The number of carbonyl (C=O) groups excluding carboxylic acids is 4. The van der Waals surface area contributed by atoms with Crippen LogP contribution in [-0.4, -0.2) is 122 Å². The van der Waals surface area contributed by atoms with Gasteiger partial charge in [0.25, 0.3) is 11.8 Å². The Kier molecular flexibility index (Phi) is 9.02. The third-order valence-corrected chi connectivity index (χ3v) is 12.5. The second kappa shape index (κ2) is 14.8. The normalized spacial score (nSPS) is 23.7. The second-order valence-corrected chi connectivity index (χ2v) is 16.0. The lowest BCUT2D eigenvalue weighted by atomic mass is 9.94. The molecular weight excluding hydrogens is 756 g/mol. The van der Waals surface area contributed by atoms with Crippen LogP contribution in [0.2, 0.25) is 0 Å². The summed E-state index contributed by atoms with van der Waals surface area (Å²) in [6, 6.07) is 19.3. The quantitative estimate of drug-likeness (QED) is 0.215. The van der Waals surface area contributed by atoms with E-state index in [1.165, 1.54) is 12.4 Å². The van der Waals surface area contributed by atoms with Crippen molar-refractivity contribution < 1.29 is 29.7 Å². The van der Waals surface area contributed by atoms with Crippen molar-refractivity contribution >= 4 is 46.2 Å². The van der Waals surface area contributed by atoms with Crippen LogP contribution in [0.25, 0.3) is 22.3 Å². The molecule has 302 valence electrons. The predicted molar refractivity (Wildman–Crippen MR) is 216 cm³/mol. The average molecular weight is 800 g/mol. The molecule has 7 heterocycles. The number of piperidine rings is 3. The number of para-hydroxylation sites is 1. The Morgan fingerprint density at radius 1 is 0.797 bits per heavy atom. The van der Waals surface area contributed by atoms with Gasteiger partial charge in [-0.05, 0) is 80.3 Å². The van der Waals surface area contributed by atoms with Crippen LogP contribution < -0.4 is 20.7 Å². The van der Waals surface area contributed by atoms with E-state index < -0.39 is 35.8 Å². The van der Waals surface area contributed by atoms with Gasteiger partial charge in [0.15, 0.2) is 5.65 Å². The van der Waals surface area contributed by atoms with Gasteiger partial charge in [-0.15, -0.1) is 0 Å². The second-order valence-electron chi connectivity index (χ2n) is 16.0. The van der Waals surface area contributed by atoms with Gasteiger partial charge < -0.3 is 15.4 Å². The van der Waals surface area contributed by atoms with E-state index in [0.717, 1.165) is 48.7 Å². The molecule has 15 nitrogen and oxygen atoms in total.